The number of carbonyl (C=O) groups excluding carboxylic acids is 2. The van der Waals surface area contributed by atoms with Crippen LogP contribution in [-0.2, 0) is 16.1 Å². The van der Waals surface area contributed by atoms with E-state index < -0.39 is 0 Å². The molecule has 0 unspecified atom stereocenters. The molecule has 3 rings (SSSR count). The minimum Gasteiger partial charge on any atom is -0.323 e. The molecule has 1 aromatic carbocycles. The van der Waals surface area contributed by atoms with Crippen LogP contribution < -0.4 is 10.6 Å². The Morgan fingerprint density at radius 1 is 1.22 bits per heavy atom. The van der Waals surface area contributed by atoms with Crippen LogP contribution in [0.4, 0.5) is 10.8 Å². The van der Waals surface area contributed by atoms with Crippen LogP contribution in [0.5, 0.6) is 0 Å². The van der Waals surface area contributed by atoms with Gasteiger partial charge in [0.2, 0.25) is 11.8 Å². The molecule has 8 heteroatoms. The highest BCUT2D eigenvalue weighted by atomic mass is 35.5. The molecule has 2 aromatic rings. The molecule has 1 aliphatic rings. The van der Waals surface area contributed by atoms with Gasteiger partial charge in [0, 0.05) is 54.4 Å². The highest BCUT2D eigenvalue weighted by Gasteiger charge is 2.16. The second-order valence-electron chi connectivity index (χ2n) is 6.39. The normalized spacial score (nSPS) is 14.7. The monoisotopic (exact) mass is 404 g/mol. The largest absolute Gasteiger partial charge is 0.323 e. The highest BCUT2D eigenvalue weighted by Crippen LogP contribution is 2.23. The summed E-state index contributed by atoms with van der Waals surface area (Å²) < 4.78 is 0. The molecule has 2 heterocycles. The van der Waals surface area contributed by atoms with Crippen LogP contribution in [0.2, 0.25) is 5.02 Å². The second kappa shape index (κ2) is 9.12. The Labute approximate surface area is 167 Å². The lowest BCUT2D eigenvalue weighted by Gasteiger charge is -2.27. The first-order valence-corrected chi connectivity index (χ1v) is 9.88. The van der Waals surface area contributed by atoms with Crippen molar-refractivity contribution in [2.24, 2.45) is 0 Å². The molecular formula is C19H21ClN4O2S. The smallest absolute Gasteiger partial charge is 0.248 e. The molecule has 0 bridgehead atoms. The number of likely N-dealkylation sites (tertiary alicyclic amines) is 1. The van der Waals surface area contributed by atoms with Crippen molar-refractivity contribution >= 4 is 45.6 Å². The lowest BCUT2D eigenvalue weighted by Crippen LogP contribution is -2.30. The van der Waals surface area contributed by atoms with Gasteiger partial charge in [0.25, 0.3) is 0 Å². The third-order valence-corrected chi connectivity index (χ3v) is 5.31. The Kier molecular flexibility index (Phi) is 6.60. The number of carbonyl (C=O) groups is 2. The summed E-state index contributed by atoms with van der Waals surface area (Å²) >= 11 is 7.34. The SMILES string of the molecule is CC(=O)Nc1ncc(CN2CCC(=CC(=O)Nc3ccc(Cl)cc3)CC2)s1. The summed E-state index contributed by atoms with van der Waals surface area (Å²) in [5.74, 6) is -0.219. The van der Waals surface area contributed by atoms with Gasteiger partial charge in [0.05, 0.1) is 0 Å². The summed E-state index contributed by atoms with van der Waals surface area (Å²) in [5, 5.41) is 6.84. The van der Waals surface area contributed by atoms with E-state index in [9.17, 15) is 9.59 Å². The number of benzene rings is 1. The fourth-order valence-corrected chi connectivity index (χ4v) is 3.88. The Balaban J connectivity index is 1.47. The van der Waals surface area contributed by atoms with Gasteiger partial charge in [-0.3, -0.25) is 14.5 Å². The first-order chi connectivity index (χ1) is 13.0. The summed E-state index contributed by atoms with van der Waals surface area (Å²) in [6.45, 7) is 4.07. The van der Waals surface area contributed by atoms with E-state index in [0.717, 1.165) is 48.6 Å². The molecule has 0 saturated carbocycles. The van der Waals surface area contributed by atoms with Gasteiger partial charge in [0.1, 0.15) is 0 Å². The molecule has 1 aliphatic heterocycles. The maximum absolute atomic E-state index is 12.2. The molecule has 0 radical (unpaired) electrons. The topological polar surface area (TPSA) is 74.3 Å². The van der Waals surface area contributed by atoms with Crippen LogP contribution in [0.25, 0.3) is 0 Å². The van der Waals surface area contributed by atoms with Gasteiger partial charge in [0.15, 0.2) is 5.13 Å². The van der Waals surface area contributed by atoms with Crippen LogP contribution in [0.15, 0.2) is 42.1 Å². The summed E-state index contributed by atoms with van der Waals surface area (Å²) in [6, 6.07) is 7.07. The fourth-order valence-electron chi connectivity index (χ4n) is 2.85. The van der Waals surface area contributed by atoms with Crippen molar-refractivity contribution in [1.82, 2.24) is 9.88 Å². The number of halogens is 1. The first-order valence-electron chi connectivity index (χ1n) is 8.68. The number of nitrogens with one attached hydrogen (secondary N) is 2. The molecule has 1 fully saturated rings. The number of anilines is 2. The fraction of sp³-hybridized carbons (Fsp3) is 0.316. The van der Waals surface area contributed by atoms with Crippen molar-refractivity contribution in [2.45, 2.75) is 26.3 Å². The van der Waals surface area contributed by atoms with Crippen molar-refractivity contribution in [1.29, 1.82) is 0 Å². The van der Waals surface area contributed by atoms with Crippen molar-refractivity contribution < 1.29 is 9.59 Å². The van der Waals surface area contributed by atoms with E-state index in [2.05, 4.69) is 20.5 Å². The van der Waals surface area contributed by atoms with Crippen molar-refractivity contribution in [3.05, 3.63) is 52.0 Å². The van der Waals surface area contributed by atoms with Crippen molar-refractivity contribution in [2.75, 3.05) is 23.7 Å². The highest BCUT2D eigenvalue weighted by molar-refractivity contribution is 7.15. The van der Waals surface area contributed by atoms with Gasteiger partial charge in [-0.1, -0.05) is 17.2 Å². The summed E-state index contributed by atoms with van der Waals surface area (Å²) in [7, 11) is 0. The van der Waals surface area contributed by atoms with Crippen molar-refractivity contribution in [3.63, 3.8) is 0 Å². The van der Waals surface area contributed by atoms with E-state index in [1.165, 1.54) is 18.3 Å². The quantitative estimate of drug-likeness (QED) is 0.741. The van der Waals surface area contributed by atoms with E-state index in [1.807, 2.05) is 0 Å². The molecule has 1 aromatic heterocycles. The van der Waals surface area contributed by atoms with Gasteiger partial charge in [-0.25, -0.2) is 4.98 Å². The van der Waals surface area contributed by atoms with E-state index >= 15 is 0 Å². The third-order valence-electron chi connectivity index (χ3n) is 4.16. The Bertz CT molecular complexity index is 838. The molecule has 2 N–H and O–H groups in total. The van der Waals surface area contributed by atoms with Gasteiger partial charge >= 0.3 is 0 Å². The average molecular weight is 405 g/mol. The van der Waals surface area contributed by atoms with Crippen LogP contribution in [0.3, 0.4) is 0 Å². The van der Waals surface area contributed by atoms with E-state index in [-0.39, 0.29) is 11.8 Å². The van der Waals surface area contributed by atoms with E-state index in [4.69, 9.17) is 11.6 Å². The molecule has 0 spiro atoms. The molecule has 27 heavy (non-hydrogen) atoms. The van der Waals surface area contributed by atoms with Gasteiger partial charge in [-0.2, -0.15) is 0 Å². The summed E-state index contributed by atoms with van der Waals surface area (Å²) in [5.41, 5.74) is 1.89. The van der Waals surface area contributed by atoms with Crippen molar-refractivity contribution in [3.8, 4) is 0 Å². The number of aromatic nitrogens is 1. The lowest BCUT2D eigenvalue weighted by molar-refractivity contribution is -0.114. The average Bonchev–Trinajstić information content (AvgIpc) is 3.05. The molecule has 0 aliphatic carbocycles. The molecule has 0 atom stereocenters. The standard InChI is InChI=1S/C19H21ClN4O2S/c1-13(25)22-19-21-11-17(27-19)12-24-8-6-14(7-9-24)10-18(26)23-16-4-2-15(20)3-5-16/h2-5,10-11H,6-9,12H2,1H3,(H,23,26)(H,21,22,25). The summed E-state index contributed by atoms with van der Waals surface area (Å²) in [6.07, 6.45) is 5.24. The predicted molar refractivity (Wildman–Crippen MR) is 109 cm³/mol. The second-order valence-corrected chi connectivity index (χ2v) is 7.94. The number of hydrogen-bond acceptors (Lipinski definition) is 5. The zero-order valence-electron chi connectivity index (χ0n) is 15.0. The van der Waals surface area contributed by atoms with Gasteiger partial charge in [-0.15, -0.1) is 11.3 Å². The maximum atomic E-state index is 12.2. The Hall–Kier alpha value is -2.22. The zero-order chi connectivity index (χ0) is 19.2. The van der Waals surface area contributed by atoms with E-state index in [1.54, 1.807) is 36.5 Å². The molecule has 1 saturated heterocycles. The number of piperidine rings is 1. The van der Waals surface area contributed by atoms with Crippen LogP contribution in [-0.4, -0.2) is 34.8 Å². The number of thiazole rings is 1. The Morgan fingerprint density at radius 3 is 2.59 bits per heavy atom. The molecule has 6 nitrogen and oxygen atoms in total. The lowest BCUT2D eigenvalue weighted by atomic mass is 10.0. The number of nitrogens with zero attached hydrogens (tertiary/aromatic N) is 2. The third kappa shape index (κ3) is 6.16. The van der Waals surface area contributed by atoms with Crippen LogP contribution in [0, 0.1) is 0 Å². The number of amides is 2. The number of hydrogen-bond donors (Lipinski definition) is 2. The Morgan fingerprint density at radius 2 is 1.93 bits per heavy atom. The number of rotatable bonds is 5. The molecule has 142 valence electrons. The van der Waals surface area contributed by atoms with Gasteiger partial charge < -0.3 is 10.6 Å². The minimum absolute atomic E-state index is 0.108. The van der Waals surface area contributed by atoms with Crippen LogP contribution >= 0.6 is 22.9 Å². The maximum Gasteiger partial charge on any atom is 0.248 e. The minimum atomic E-state index is -0.111. The van der Waals surface area contributed by atoms with Gasteiger partial charge in [-0.05, 0) is 37.1 Å². The molecule has 2 amide bonds. The first kappa shape index (κ1) is 19.5. The van der Waals surface area contributed by atoms with Crippen LogP contribution in [0.1, 0.15) is 24.6 Å². The summed E-state index contributed by atoms with van der Waals surface area (Å²) in [4.78, 5) is 30.9. The zero-order valence-corrected chi connectivity index (χ0v) is 16.6. The van der Waals surface area contributed by atoms with E-state index in [0.29, 0.717) is 10.2 Å². The predicted octanol–water partition coefficient (Wildman–Crippen LogP) is 3.92. The molecular weight excluding hydrogens is 384 g/mol.